The molecule has 1 heterocycles. The third-order valence-corrected chi connectivity index (χ3v) is 4.36. The van der Waals surface area contributed by atoms with Crippen molar-refractivity contribution in [3.05, 3.63) is 28.2 Å². The number of carbonyl (C=O) groups excluding carboxylic acids is 1. The number of rotatable bonds is 5. The monoisotopic (exact) mass is 385 g/mol. The largest absolute Gasteiger partial charge is 0.496 e. The topological polar surface area (TPSA) is 100 Å². The fourth-order valence-corrected chi connectivity index (χ4v) is 3.13. The van der Waals surface area contributed by atoms with Crippen molar-refractivity contribution in [3.8, 4) is 5.75 Å². The Bertz CT molecular complexity index is 663. The Morgan fingerprint density at radius 3 is 3.00 bits per heavy atom. The Kier molecular flexibility index (Phi) is 5.56. The van der Waals surface area contributed by atoms with Crippen molar-refractivity contribution in [3.63, 3.8) is 0 Å². The first kappa shape index (κ1) is 16.5. The van der Waals surface area contributed by atoms with Gasteiger partial charge in [0.15, 0.2) is 5.17 Å². The molecule has 116 valence electrons. The van der Waals surface area contributed by atoms with Crippen molar-refractivity contribution < 1.29 is 19.4 Å². The van der Waals surface area contributed by atoms with Gasteiger partial charge in [-0.15, -0.1) is 5.10 Å². The quantitative estimate of drug-likeness (QED) is 0.594. The van der Waals surface area contributed by atoms with E-state index < -0.39 is 11.2 Å². The van der Waals surface area contributed by atoms with E-state index in [2.05, 4.69) is 31.4 Å². The second kappa shape index (κ2) is 7.41. The number of ether oxygens (including phenoxy) is 1. The molecule has 1 amide bonds. The molecule has 0 aromatic heterocycles. The molecule has 0 spiro atoms. The van der Waals surface area contributed by atoms with Crippen molar-refractivity contribution in [1.82, 2.24) is 5.32 Å². The van der Waals surface area contributed by atoms with Gasteiger partial charge in [-0.05, 0) is 39.7 Å². The number of carboxylic acids is 1. The van der Waals surface area contributed by atoms with Crippen LogP contribution in [0.3, 0.4) is 0 Å². The molecule has 0 radical (unpaired) electrons. The summed E-state index contributed by atoms with van der Waals surface area (Å²) in [5.74, 6) is -0.687. The summed E-state index contributed by atoms with van der Waals surface area (Å²) in [5.41, 5.74) is 0.799. The molecule has 2 rings (SSSR count). The second-order valence-corrected chi connectivity index (χ2v) is 6.28. The number of carbonyl (C=O) groups is 2. The number of amidine groups is 1. The minimum absolute atomic E-state index is 0.245. The molecule has 1 unspecified atom stereocenters. The number of aliphatic carboxylic acids is 1. The molecular weight excluding hydrogens is 374 g/mol. The van der Waals surface area contributed by atoms with Gasteiger partial charge in [-0.2, -0.15) is 5.10 Å². The summed E-state index contributed by atoms with van der Waals surface area (Å²) in [7, 11) is 1.58. The lowest BCUT2D eigenvalue weighted by Gasteiger charge is -2.02. The van der Waals surface area contributed by atoms with Crippen molar-refractivity contribution >= 4 is 51.0 Å². The van der Waals surface area contributed by atoms with E-state index in [9.17, 15) is 9.59 Å². The van der Waals surface area contributed by atoms with Crippen molar-refractivity contribution in [2.45, 2.75) is 11.7 Å². The normalized spacial score (nSPS) is 19.6. The molecule has 1 saturated heterocycles. The molecule has 1 aromatic rings. The number of nitrogens with zero attached hydrogens (tertiary/aromatic N) is 2. The number of benzene rings is 1. The fraction of sp³-hybridized carbons (Fsp3) is 0.231. The van der Waals surface area contributed by atoms with Crippen LogP contribution in [0.1, 0.15) is 12.0 Å². The van der Waals surface area contributed by atoms with Gasteiger partial charge in [0.1, 0.15) is 11.0 Å². The van der Waals surface area contributed by atoms with Crippen LogP contribution in [-0.4, -0.2) is 40.7 Å². The van der Waals surface area contributed by atoms with Crippen LogP contribution < -0.4 is 10.1 Å². The highest BCUT2D eigenvalue weighted by atomic mass is 79.9. The number of hydrogen-bond donors (Lipinski definition) is 2. The molecule has 1 aromatic carbocycles. The van der Waals surface area contributed by atoms with Gasteiger partial charge in [0, 0.05) is 0 Å². The fourth-order valence-electron chi connectivity index (χ4n) is 1.66. The molecule has 1 aliphatic rings. The summed E-state index contributed by atoms with van der Waals surface area (Å²) in [5, 5.41) is 18.6. The van der Waals surface area contributed by atoms with Crippen LogP contribution in [0.25, 0.3) is 0 Å². The summed E-state index contributed by atoms with van der Waals surface area (Å²) in [4.78, 5) is 22.1. The first-order valence-electron chi connectivity index (χ1n) is 6.13. The van der Waals surface area contributed by atoms with Gasteiger partial charge in [-0.1, -0.05) is 11.8 Å². The number of halogens is 1. The molecule has 0 bridgehead atoms. The average Bonchev–Trinajstić information content (AvgIpc) is 2.78. The van der Waals surface area contributed by atoms with Crippen LogP contribution in [0, 0.1) is 0 Å². The van der Waals surface area contributed by atoms with Gasteiger partial charge in [-0.3, -0.25) is 9.59 Å². The molecule has 9 heteroatoms. The molecule has 1 aliphatic heterocycles. The maximum absolute atomic E-state index is 11.5. The molecule has 1 atom stereocenters. The smallest absolute Gasteiger partial charge is 0.305 e. The predicted molar refractivity (Wildman–Crippen MR) is 87.5 cm³/mol. The van der Waals surface area contributed by atoms with Gasteiger partial charge in [0.2, 0.25) is 5.91 Å². The molecular formula is C13H12BrN3O4S. The first-order valence-corrected chi connectivity index (χ1v) is 7.80. The lowest BCUT2D eigenvalue weighted by Crippen LogP contribution is -2.26. The summed E-state index contributed by atoms with van der Waals surface area (Å²) >= 11 is 4.42. The highest BCUT2D eigenvalue weighted by Gasteiger charge is 2.32. The van der Waals surface area contributed by atoms with Crippen LogP contribution >= 0.6 is 27.7 Å². The van der Waals surface area contributed by atoms with Gasteiger partial charge < -0.3 is 15.2 Å². The number of carboxylic acid groups (broad SMARTS) is 1. The van der Waals surface area contributed by atoms with Crippen LogP contribution in [0.2, 0.25) is 0 Å². The van der Waals surface area contributed by atoms with Gasteiger partial charge in [0.05, 0.1) is 24.2 Å². The van der Waals surface area contributed by atoms with E-state index in [-0.39, 0.29) is 12.3 Å². The van der Waals surface area contributed by atoms with E-state index in [1.807, 2.05) is 6.07 Å². The minimum atomic E-state index is -1.03. The molecule has 0 saturated carbocycles. The summed E-state index contributed by atoms with van der Waals surface area (Å²) in [6, 6.07) is 5.41. The number of hydrogen-bond acceptors (Lipinski definition) is 6. The third-order valence-electron chi connectivity index (χ3n) is 2.67. The number of thioether (sulfide) groups is 1. The molecule has 22 heavy (non-hydrogen) atoms. The van der Waals surface area contributed by atoms with Gasteiger partial charge in [-0.25, -0.2) is 0 Å². The first-order chi connectivity index (χ1) is 10.5. The Hall–Kier alpha value is -1.87. The zero-order valence-corrected chi connectivity index (χ0v) is 13.8. The van der Waals surface area contributed by atoms with E-state index in [0.717, 1.165) is 21.8 Å². The van der Waals surface area contributed by atoms with E-state index in [1.165, 1.54) is 6.21 Å². The summed E-state index contributed by atoms with van der Waals surface area (Å²) in [6.45, 7) is 0. The lowest BCUT2D eigenvalue weighted by atomic mass is 10.2. The number of amides is 1. The minimum Gasteiger partial charge on any atom is -0.496 e. The van der Waals surface area contributed by atoms with Gasteiger partial charge in [0.25, 0.3) is 0 Å². The molecule has 0 aliphatic carbocycles. The van der Waals surface area contributed by atoms with Crippen molar-refractivity contribution in [1.29, 1.82) is 0 Å². The highest BCUT2D eigenvalue weighted by Crippen LogP contribution is 2.25. The van der Waals surface area contributed by atoms with E-state index in [0.29, 0.717) is 10.9 Å². The third kappa shape index (κ3) is 4.31. The maximum atomic E-state index is 11.5. The molecule has 2 N–H and O–H groups in total. The van der Waals surface area contributed by atoms with E-state index >= 15 is 0 Å². The Morgan fingerprint density at radius 2 is 2.36 bits per heavy atom. The lowest BCUT2D eigenvalue weighted by molar-refractivity contribution is -0.138. The van der Waals surface area contributed by atoms with Crippen molar-refractivity contribution in [2.75, 3.05) is 7.11 Å². The molecule has 1 fully saturated rings. The zero-order chi connectivity index (χ0) is 16.1. The number of methoxy groups -OCH3 is 1. The van der Waals surface area contributed by atoms with Crippen molar-refractivity contribution in [2.24, 2.45) is 10.2 Å². The second-order valence-electron chi connectivity index (χ2n) is 4.24. The highest BCUT2D eigenvalue weighted by molar-refractivity contribution is 9.10. The Labute approximate surface area is 139 Å². The van der Waals surface area contributed by atoms with Crippen LogP contribution in [0.4, 0.5) is 0 Å². The average molecular weight is 386 g/mol. The summed E-state index contributed by atoms with van der Waals surface area (Å²) in [6.07, 6.45) is 1.28. The molecule has 7 nitrogen and oxygen atoms in total. The zero-order valence-electron chi connectivity index (χ0n) is 11.4. The maximum Gasteiger partial charge on any atom is 0.305 e. The van der Waals surface area contributed by atoms with Gasteiger partial charge >= 0.3 is 5.97 Å². The SMILES string of the molecule is COc1ccc(/C=N/N=C2\NC(=O)C(CC(=O)O)S2)cc1Br. The summed E-state index contributed by atoms with van der Waals surface area (Å²) < 4.78 is 5.91. The van der Waals surface area contributed by atoms with E-state index in [1.54, 1.807) is 19.2 Å². The number of nitrogens with one attached hydrogen (secondary N) is 1. The van der Waals surface area contributed by atoms with Crippen LogP contribution in [0.15, 0.2) is 32.9 Å². The standard InChI is InChI=1S/C13H12BrN3O4S/c1-21-9-3-2-7(4-8(9)14)6-15-17-13-16-12(20)10(22-13)5-11(18)19/h2-4,6,10H,5H2,1H3,(H,18,19)(H,16,17,20)/b15-6+. The van der Waals surface area contributed by atoms with Crippen LogP contribution in [0.5, 0.6) is 5.75 Å². The van der Waals surface area contributed by atoms with Crippen LogP contribution in [-0.2, 0) is 9.59 Å². The predicted octanol–water partition coefficient (Wildman–Crippen LogP) is 1.85. The Morgan fingerprint density at radius 1 is 1.59 bits per heavy atom. The van der Waals surface area contributed by atoms with E-state index in [4.69, 9.17) is 9.84 Å². The Balaban J connectivity index is 2.01.